The van der Waals surface area contributed by atoms with Gasteiger partial charge in [-0.1, -0.05) is 35.5 Å². The van der Waals surface area contributed by atoms with E-state index in [-0.39, 0.29) is 0 Å². The molecule has 1 aromatic heterocycles. The van der Waals surface area contributed by atoms with Crippen LogP contribution < -0.4 is 0 Å². The van der Waals surface area contributed by atoms with Crippen LogP contribution in [0.3, 0.4) is 0 Å². The molecular formula is C11H12N2O. The summed E-state index contributed by atoms with van der Waals surface area (Å²) in [4.78, 5) is 0. The Labute approximate surface area is 83.0 Å². The molecule has 0 radical (unpaired) electrons. The number of nitrogens with zero attached hydrogens (tertiary/aromatic N) is 2. The maximum atomic E-state index is 4.60. The van der Waals surface area contributed by atoms with E-state index in [4.69, 9.17) is 0 Å². The second-order valence-electron chi connectivity index (χ2n) is 2.56. The van der Waals surface area contributed by atoms with Crippen LogP contribution in [0.2, 0.25) is 0 Å². The Kier molecular flexibility index (Phi) is 3.61. The molecule has 0 N–H and O–H groups in total. The minimum absolute atomic E-state index is 0.815. The van der Waals surface area contributed by atoms with E-state index in [2.05, 4.69) is 28.1 Å². The van der Waals surface area contributed by atoms with E-state index < -0.39 is 0 Å². The van der Waals surface area contributed by atoms with Crippen molar-refractivity contribution in [3.63, 3.8) is 0 Å². The molecule has 1 heterocycles. The van der Waals surface area contributed by atoms with Gasteiger partial charge < -0.3 is 0 Å². The molecule has 0 amide bonds. The van der Waals surface area contributed by atoms with Crippen LogP contribution in [0.1, 0.15) is 5.69 Å². The summed E-state index contributed by atoms with van der Waals surface area (Å²) in [5.41, 5.74) is 2.67. The summed E-state index contributed by atoms with van der Waals surface area (Å²) in [7, 11) is 0. The first-order valence-electron chi connectivity index (χ1n) is 4.22. The van der Waals surface area contributed by atoms with Crippen LogP contribution in [0.25, 0.3) is 11.3 Å². The molecule has 3 heteroatoms. The zero-order valence-electron chi connectivity index (χ0n) is 8.10. The average Bonchev–Trinajstić information content (AvgIpc) is 2.69. The van der Waals surface area contributed by atoms with Crippen molar-refractivity contribution in [1.82, 2.24) is 10.3 Å². The highest BCUT2D eigenvalue weighted by Gasteiger charge is 2.05. The largest absolute Gasteiger partial charge is 0.244 e. The van der Waals surface area contributed by atoms with Crippen LogP contribution in [-0.2, 0) is 0 Å². The minimum atomic E-state index is 0.815. The summed E-state index contributed by atoms with van der Waals surface area (Å²) < 4.78 is 4.60. The van der Waals surface area contributed by atoms with Gasteiger partial charge in [-0.2, -0.15) is 0 Å². The molecule has 0 fully saturated rings. The number of hydrogen-bond acceptors (Lipinski definition) is 3. The van der Waals surface area contributed by atoms with Crippen molar-refractivity contribution in [3.8, 4) is 11.3 Å². The maximum Gasteiger partial charge on any atom is 0.137 e. The Hall–Kier alpha value is -1.90. The second-order valence-corrected chi connectivity index (χ2v) is 2.56. The van der Waals surface area contributed by atoms with Crippen molar-refractivity contribution in [1.29, 1.82) is 0 Å². The first kappa shape index (κ1) is 10.2. The van der Waals surface area contributed by atoms with Gasteiger partial charge in [0, 0.05) is 5.56 Å². The SMILES string of the molecule is C=C.Cc1nonc1-c1ccccc1. The van der Waals surface area contributed by atoms with Crippen molar-refractivity contribution in [2.24, 2.45) is 0 Å². The molecule has 0 aliphatic heterocycles. The van der Waals surface area contributed by atoms with Gasteiger partial charge in [0.25, 0.3) is 0 Å². The van der Waals surface area contributed by atoms with Gasteiger partial charge in [0.1, 0.15) is 11.4 Å². The van der Waals surface area contributed by atoms with Crippen molar-refractivity contribution in [3.05, 3.63) is 49.2 Å². The van der Waals surface area contributed by atoms with Gasteiger partial charge in [-0.25, -0.2) is 4.63 Å². The van der Waals surface area contributed by atoms with Gasteiger partial charge in [-0.15, -0.1) is 13.2 Å². The van der Waals surface area contributed by atoms with Crippen LogP contribution in [0.4, 0.5) is 0 Å². The third-order valence-corrected chi connectivity index (χ3v) is 1.70. The van der Waals surface area contributed by atoms with E-state index in [9.17, 15) is 0 Å². The van der Waals surface area contributed by atoms with Gasteiger partial charge in [0.2, 0.25) is 0 Å². The molecule has 2 rings (SSSR count). The van der Waals surface area contributed by atoms with E-state index in [0.717, 1.165) is 17.0 Å². The molecule has 3 nitrogen and oxygen atoms in total. The molecule has 0 saturated carbocycles. The molecule has 0 atom stereocenters. The van der Waals surface area contributed by atoms with Gasteiger partial charge in [-0.3, -0.25) is 0 Å². The fourth-order valence-corrected chi connectivity index (χ4v) is 1.09. The predicted octanol–water partition coefficient (Wildman–Crippen LogP) is 2.85. The third kappa shape index (κ3) is 2.07. The monoisotopic (exact) mass is 188 g/mol. The topological polar surface area (TPSA) is 38.9 Å². The van der Waals surface area contributed by atoms with Crippen molar-refractivity contribution in [2.75, 3.05) is 0 Å². The van der Waals surface area contributed by atoms with Crippen LogP contribution in [-0.4, -0.2) is 10.3 Å². The van der Waals surface area contributed by atoms with E-state index in [1.807, 2.05) is 37.3 Å². The third-order valence-electron chi connectivity index (χ3n) is 1.70. The smallest absolute Gasteiger partial charge is 0.137 e. The standard InChI is InChI=1S/C9H8N2O.C2H4/c1-7-9(11-12-10-7)8-5-3-2-4-6-8;1-2/h2-6H,1H3;1-2H2. The summed E-state index contributed by atoms with van der Waals surface area (Å²) in [6.45, 7) is 7.87. The normalized spacial score (nSPS) is 8.93. The van der Waals surface area contributed by atoms with Crippen LogP contribution in [0, 0.1) is 6.92 Å². The molecule has 0 saturated heterocycles. The summed E-state index contributed by atoms with van der Waals surface area (Å²) in [5, 5.41) is 7.51. The average molecular weight is 188 g/mol. The lowest BCUT2D eigenvalue weighted by atomic mass is 10.1. The highest BCUT2D eigenvalue weighted by atomic mass is 16.6. The number of aryl methyl sites for hydroxylation is 1. The lowest BCUT2D eigenvalue weighted by Gasteiger charge is -1.92. The van der Waals surface area contributed by atoms with Gasteiger partial charge in [0.05, 0.1) is 0 Å². The first-order valence-corrected chi connectivity index (χ1v) is 4.22. The Morgan fingerprint density at radius 1 is 1.07 bits per heavy atom. The summed E-state index contributed by atoms with van der Waals surface area (Å²) in [6.07, 6.45) is 0. The van der Waals surface area contributed by atoms with Gasteiger partial charge in [-0.05, 0) is 12.1 Å². The lowest BCUT2D eigenvalue weighted by molar-refractivity contribution is 0.306. The molecule has 0 spiro atoms. The second kappa shape index (κ2) is 4.97. The summed E-state index contributed by atoms with van der Waals surface area (Å²) >= 11 is 0. The zero-order valence-corrected chi connectivity index (χ0v) is 8.10. The maximum absolute atomic E-state index is 4.60. The number of benzene rings is 1. The molecule has 0 unspecified atom stereocenters. The fraction of sp³-hybridized carbons (Fsp3) is 0.0909. The highest BCUT2D eigenvalue weighted by Crippen LogP contribution is 2.18. The fourth-order valence-electron chi connectivity index (χ4n) is 1.09. The summed E-state index contributed by atoms with van der Waals surface area (Å²) in [5.74, 6) is 0. The minimum Gasteiger partial charge on any atom is -0.244 e. The van der Waals surface area contributed by atoms with Gasteiger partial charge in [0.15, 0.2) is 0 Å². The Balaban J connectivity index is 0.000000461. The molecule has 0 bridgehead atoms. The lowest BCUT2D eigenvalue weighted by Crippen LogP contribution is -1.79. The Morgan fingerprint density at radius 3 is 2.21 bits per heavy atom. The molecule has 1 aromatic carbocycles. The highest BCUT2D eigenvalue weighted by molar-refractivity contribution is 5.59. The number of rotatable bonds is 1. The van der Waals surface area contributed by atoms with Crippen molar-refractivity contribution < 1.29 is 4.63 Å². The van der Waals surface area contributed by atoms with E-state index in [0.29, 0.717) is 0 Å². The Morgan fingerprint density at radius 2 is 1.71 bits per heavy atom. The molecule has 14 heavy (non-hydrogen) atoms. The van der Waals surface area contributed by atoms with E-state index in [1.54, 1.807) is 0 Å². The summed E-state index contributed by atoms with van der Waals surface area (Å²) in [6, 6.07) is 9.85. The predicted molar refractivity (Wildman–Crippen MR) is 55.7 cm³/mol. The van der Waals surface area contributed by atoms with Crippen LogP contribution >= 0.6 is 0 Å². The van der Waals surface area contributed by atoms with Crippen molar-refractivity contribution >= 4 is 0 Å². The molecule has 72 valence electrons. The zero-order chi connectivity index (χ0) is 10.4. The molecule has 2 aromatic rings. The van der Waals surface area contributed by atoms with Gasteiger partial charge >= 0.3 is 0 Å². The number of hydrogen-bond donors (Lipinski definition) is 0. The van der Waals surface area contributed by atoms with E-state index >= 15 is 0 Å². The van der Waals surface area contributed by atoms with Crippen molar-refractivity contribution in [2.45, 2.75) is 6.92 Å². The van der Waals surface area contributed by atoms with Crippen LogP contribution in [0.5, 0.6) is 0 Å². The molecular weight excluding hydrogens is 176 g/mol. The van der Waals surface area contributed by atoms with E-state index in [1.165, 1.54) is 0 Å². The number of aromatic nitrogens is 2. The molecule has 0 aliphatic carbocycles. The quantitative estimate of drug-likeness (QED) is 0.646. The molecule has 0 aliphatic rings. The van der Waals surface area contributed by atoms with Crippen LogP contribution in [0.15, 0.2) is 48.1 Å². The first-order chi connectivity index (χ1) is 6.88. The Bertz CT molecular complexity index is 381.